The van der Waals surface area contributed by atoms with Crippen molar-refractivity contribution in [2.45, 2.75) is 20.3 Å². The van der Waals surface area contributed by atoms with E-state index < -0.39 is 0 Å². The van der Waals surface area contributed by atoms with E-state index in [1.54, 1.807) is 14.2 Å². The number of aromatic nitrogens is 3. The molecule has 0 saturated heterocycles. The molecular weight excluding hydrogens is 474 g/mol. The summed E-state index contributed by atoms with van der Waals surface area (Å²) in [5, 5.41) is 10.9. The summed E-state index contributed by atoms with van der Waals surface area (Å²) in [5.41, 5.74) is 4.65. The van der Waals surface area contributed by atoms with E-state index in [0.29, 0.717) is 35.7 Å². The first-order chi connectivity index (χ1) is 17.4. The number of fused-ring (bicyclic) bond motifs is 1. The molecule has 186 valence electrons. The Labute approximate surface area is 215 Å². The average Bonchev–Trinajstić information content (AvgIpc) is 3.25. The highest BCUT2D eigenvalue weighted by Crippen LogP contribution is 2.24. The predicted octanol–water partition coefficient (Wildman–Crippen LogP) is 4.59. The summed E-state index contributed by atoms with van der Waals surface area (Å²) in [6.07, 6.45) is 2.71. The third-order valence-electron chi connectivity index (χ3n) is 5.43. The quantitative estimate of drug-likeness (QED) is 0.165. The lowest BCUT2D eigenvalue weighted by Crippen LogP contribution is -2.39. The van der Waals surface area contributed by atoms with Gasteiger partial charge in [0.25, 0.3) is 0 Å². The molecule has 4 rings (SSSR count). The summed E-state index contributed by atoms with van der Waals surface area (Å²) >= 11 is 5.55. The van der Waals surface area contributed by atoms with Gasteiger partial charge in [0.05, 0.1) is 19.9 Å². The predicted molar refractivity (Wildman–Crippen MR) is 148 cm³/mol. The van der Waals surface area contributed by atoms with Gasteiger partial charge in [-0.2, -0.15) is 0 Å². The van der Waals surface area contributed by atoms with E-state index >= 15 is 0 Å². The molecule has 0 atom stereocenters. The zero-order chi connectivity index (χ0) is 25.5. The van der Waals surface area contributed by atoms with Gasteiger partial charge in [-0.25, -0.2) is 9.97 Å². The number of methoxy groups -OCH3 is 2. The van der Waals surface area contributed by atoms with Crippen molar-refractivity contribution in [2.75, 3.05) is 31.4 Å². The summed E-state index contributed by atoms with van der Waals surface area (Å²) in [6.45, 7) is 4.34. The average molecular weight is 504 g/mol. The number of hydrogen-bond acceptors (Lipinski definition) is 6. The van der Waals surface area contributed by atoms with Crippen LogP contribution in [0.5, 0.6) is 11.5 Å². The fourth-order valence-electron chi connectivity index (χ4n) is 3.79. The van der Waals surface area contributed by atoms with Crippen LogP contribution in [-0.2, 0) is 6.42 Å². The number of ether oxygens (including phenoxy) is 2. The van der Waals surface area contributed by atoms with E-state index in [1.807, 2.05) is 68.6 Å². The van der Waals surface area contributed by atoms with Crippen LogP contribution in [-0.4, -0.2) is 46.8 Å². The van der Waals surface area contributed by atoms with Crippen LogP contribution in [0, 0.1) is 13.8 Å². The first-order valence-corrected chi connectivity index (χ1v) is 11.8. The molecule has 0 aliphatic heterocycles. The number of guanidine groups is 1. The van der Waals surface area contributed by atoms with Gasteiger partial charge < -0.3 is 25.1 Å². The Morgan fingerprint density at radius 1 is 1.00 bits per heavy atom. The number of hydrogen-bond donors (Lipinski definition) is 4. The number of para-hydroxylation sites is 2. The Morgan fingerprint density at radius 2 is 1.78 bits per heavy atom. The van der Waals surface area contributed by atoms with Crippen molar-refractivity contribution in [2.24, 2.45) is 4.99 Å². The first-order valence-electron chi connectivity index (χ1n) is 11.4. The molecule has 0 bridgehead atoms. The summed E-state index contributed by atoms with van der Waals surface area (Å²) < 4.78 is 10.8. The van der Waals surface area contributed by atoms with Crippen LogP contribution >= 0.6 is 12.2 Å². The molecule has 0 spiro atoms. The van der Waals surface area contributed by atoms with Crippen molar-refractivity contribution in [3.8, 4) is 11.5 Å². The highest BCUT2D eigenvalue weighted by atomic mass is 32.1. The molecule has 0 aliphatic carbocycles. The Balaban J connectivity index is 1.52. The SMILES string of the molecule is COc1ccc2[nH]cc(CCN=C(NC(=S)Nc3ccccc3OC)Nc3nc(C)cc(C)n3)c2c1. The molecule has 4 aromatic rings. The van der Waals surface area contributed by atoms with Crippen molar-refractivity contribution in [3.05, 3.63) is 71.7 Å². The van der Waals surface area contributed by atoms with Gasteiger partial charge in [-0.05, 0) is 74.4 Å². The minimum atomic E-state index is 0.354. The number of aliphatic imine (C=N–C) groups is 1. The maximum atomic E-state index is 5.55. The fourth-order valence-corrected chi connectivity index (χ4v) is 3.99. The van der Waals surface area contributed by atoms with Crippen molar-refractivity contribution < 1.29 is 9.47 Å². The molecule has 9 nitrogen and oxygen atoms in total. The number of H-pyrrole nitrogens is 1. The highest BCUT2D eigenvalue weighted by Gasteiger charge is 2.10. The smallest absolute Gasteiger partial charge is 0.229 e. The van der Waals surface area contributed by atoms with Gasteiger partial charge in [-0.1, -0.05) is 12.1 Å². The highest BCUT2D eigenvalue weighted by molar-refractivity contribution is 7.80. The maximum Gasteiger partial charge on any atom is 0.229 e. The number of nitrogens with one attached hydrogen (secondary N) is 4. The molecule has 0 aliphatic rings. The van der Waals surface area contributed by atoms with Crippen LogP contribution in [0.15, 0.2) is 59.7 Å². The molecular formula is C26H29N7O2S. The van der Waals surface area contributed by atoms with Gasteiger partial charge in [-0.3, -0.25) is 10.3 Å². The Morgan fingerprint density at radius 3 is 2.53 bits per heavy atom. The van der Waals surface area contributed by atoms with Gasteiger partial charge in [0.2, 0.25) is 11.9 Å². The lowest BCUT2D eigenvalue weighted by molar-refractivity contribution is 0.415. The summed E-state index contributed by atoms with van der Waals surface area (Å²) in [6, 6.07) is 15.4. The molecule has 36 heavy (non-hydrogen) atoms. The number of thiocarbonyl (C=S) groups is 1. The molecule has 0 saturated carbocycles. The second-order valence-electron chi connectivity index (χ2n) is 8.08. The van der Waals surface area contributed by atoms with Crippen LogP contribution in [0.3, 0.4) is 0 Å². The third-order valence-corrected chi connectivity index (χ3v) is 5.63. The zero-order valence-electron chi connectivity index (χ0n) is 20.7. The largest absolute Gasteiger partial charge is 0.497 e. The monoisotopic (exact) mass is 503 g/mol. The zero-order valence-corrected chi connectivity index (χ0v) is 21.5. The number of aryl methyl sites for hydroxylation is 2. The van der Waals surface area contributed by atoms with Crippen LogP contribution in [0.25, 0.3) is 10.9 Å². The summed E-state index contributed by atoms with van der Waals surface area (Å²) in [4.78, 5) is 17.0. The summed E-state index contributed by atoms with van der Waals surface area (Å²) in [5.74, 6) is 2.37. The number of nitrogens with zero attached hydrogens (tertiary/aromatic N) is 3. The van der Waals surface area contributed by atoms with E-state index in [9.17, 15) is 0 Å². The molecule has 0 unspecified atom stereocenters. The van der Waals surface area contributed by atoms with Crippen molar-refractivity contribution in [1.29, 1.82) is 0 Å². The van der Waals surface area contributed by atoms with E-state index in [-0.39, 0.29) is 0 Å². The Kier molecular flexibility index (Phi) is 7.96. The fraction of sp³-hybridized carbons (Fsp3) is 0.231. The molecule has 4 N–H and O–H groups in total. The van der Waals surface area contributed by atoms with E-state index in [0.717, 1.165) is 39.3 Å². The second kappa shape index (κ2) is 11.5. The molecule has 10 heteroatoms. The van der Waals surface area contributed by atoms with Gasteiger partial charge in [0.1, 0.15) is 11.5 Å². The molecule has 2 aromatic carbocycles. The van der Waals surface area contributed by atoms with Gasteiger partial charge >= 0.3 is 0 Å². The van der Waals surface area contributed by atoms with Crippen LogP contribution in [0.4, 0.5) is 11.6 Å². The first kappa shape index (κ1) is 24.9. The van der Waals surface area contributed by atoms with Crippen molar-refractivity contribution >= 4 is 45.8 Å². The molecule has 2 aromatic heterocycles. The third kappa shape index (κ3) is 6.28. The maximum absolute atomic E-state index is 5.55. The molecule has 2 heterocycles. The molecule has 0 amide bonds. The van der Waals surface area contributed by atoms with Crippen LogP contribution in [0.2, 0.25) is 0 Å². The van der Waals surface area contributed by atoms with Gasteiger partial charge in [0, 0.05) is 35.0 Å². The van der Waals surface area contributed by atoms with E-state index in [2.05, 4.69) is 30.9 Å². The molecule has 0 radical (unpaired) electrons. The number of aromatic amines is 1. The standard InChI is InChI=1S/C26H29N7O2S/c1-16-13-17(2)30-25(29-16)32-24(33-26(36)31-22-7-5-6-8-23(22)35-4)27-12-11-18-15-28-21-10-9-19(34-3)14-20(18)21/h5-10,13-15,28H,11-12H2,1-4H3,(H3,27,29,30,31,32,33,36). The van der Waals surface area contributed by atoms with Crippen LogP contribution in [0.1, 0.15) is 17.0 Å². The minimum absolute atomic E-state index is 0.354. The van der Waals surface area contributed by atoms with Gasteiger partial charge in [-0.15, -0.1) is 0 Å². The number of rotatable bonds is 7. The second-order valence-corrected chi connectivity index (χ2v) is 8.49. The topological polar surface area (TPSA) is 108 Å². The van der Waals surface area contributed by atoms with Crippen molar-refractivity contribution in [3.63, 3.8) is 0 Å². The van der Waals surface area contributed by atoms with Crippen molar-refractivity contribution in [1.82, 2.24) is 20.3 Å². The number of benzene rings is 2. The Bertz CT molecular complexity index is 1380. The lowest BCUT2D eigenvalue weighted by atomic mass is 10.1. The van der Waals surface area contributed by atoms with E-state index in [4.69, 9.17) is 26.7 Å². The lowest BCUT2D eigenvalue weighted by Gasteiger charge is -2.15. The normalized spacial score (nSPS) is 11.3. The summed E-state index contributed by atoms with van der Waals surface area (Å²) in [7, 11) is 3.28. The number of anilines is 2. The van der Waals surface area contributed by atoms with Crippen LogP contribution < -0.4 is 25.4 Å². The minimum Gasteiger partial charge on any atom is -0.497 e. The van der Waals surface area contributed by atoms with Gasteiger partial charge in [0.15, 0.2) is 5.11 Å². The Hall–Kier alpha value is -4.18. The van der Waals surface area contributed by atoms with E-state index in [1.165, 1.54) is 0 Å². The molecule has 0 fully saturated rings.